The molecule has 112 valence electrons. The van der Waals surface area contributed by atoms with Crippen LogP contribution >= 0.6 is 0 Å². The van der Waals surface area contributed by atoms with E-state index in [1.807, 2.05) is 30.0 Å². The fraction of sp³-hybridized carbons (Fsp3) is 0.467. The van der Waals surface area contributed by atoms with E-state index in [0.29, 0.717) is 30.3 Å². The smallest absolute Gasteiger partial charge is 0.226 e. The van der Waals surface area contributed by atoms with Crippen molar-refractivity contribution in [3.05, 3.63) is 24.1 Å². The van der Waals surface area contributed by atoms with Crippen molar-refractivity contribution in [2.45, 2.75) is 13.3 Å². The highest BCUT2D eigenvalue weighted by atomic mass is 16.5. The molecule has 2 aromatic rings. The Kier molecular flexibility index (Phi) is 4.06. The number of piperazine rings is 1. The monoisotopic (exact) mass is 289 g/mol. The molecule has 0 spiro atoms. The van der Waals surface area contributed by atoms with Gasteiger partial charge >= 0.3 is 0 Å². The molecule has 3 rings (SSSR count). The van der Waals surface area contributed by atoms with Crippen LogP contribution in [0.4, 0.5) is 0 Å². The Morgan fingerprint density at radius 3 is 3.05 bits per heavy atom. The lowest BCUT2D eigenvalue weighted by Gasteiger charge is -2.27. The van der Waals surface area contributed by atoms with Gasteiger partial charge in [-0.3, -0.25) is 4.79 Å². The van der Waals surface area contributed by atoms with E-state index in [0.717, 1.165) is 31.7 Å². The van der Waals surface area contributed by atoms with E-state index in [9.17, 15) is 4.79 Å². The van der Waals surface area contributed by atoms with Crippen LogP contribution in [0.3, 0.4) is 0 Å². The number of amides is 1. The molecule has 0 radical (unpaired) electrons. The van der Waals surface area contributed by atoms with Crippen molar-refractivity contribution in [1.82, 2.24) is 15.2 Å². The van der Waals surface area contributed by atoms with E-state index >= 15 is 0 Å². The predicted octanol–water partition coefficient (Wildman–Crippen LogP) is 1.34. The van der Waals surface area contributed by atoms with Crippen LogP contribution in [0.25, 0.3) is 11.1 Å². The molecule has 1 fully saturated rings. The lowest BCUT2D eigenvalue weighted by atomic mass is 10.3. The molecule has 0 atom stereocenters. The van der Waals surface area contributed by atoms with Crippen molar-refractivity contribution in [2.24, 2.45) is 0 Å². The van der Waals surface area contributed by atoms with Crippen LogP contribution in [-0.2, 0) is 4.79 Å². The van der Waals surface area contributed by atoms with Crippen molar-refractivity contribution >= 4 is 17.0 Å². The summed E-state index contributed by atoms with van der Waals surface area (Å²) in [5.41, 5.74) is 1.52. The Balaban J connectivity index is 1.52. The number of carbonyl (C=O) groups excluding carboxylic acids is 1. The number of rotatable bonds is 4. The lowest BCUT2D eigenvalue weighted by molar-refractivity contribution is -0.132. The van der Waals surface area contributed by atoms with Gasteiger partial charge in [0.25, 0.3) is 0 Å². The minimum Gasteiger partial charge on any atom is -0.493 e. The maximum Gasteiger partial charge on any atom is 0.226 e. The molecule has 1 saturated heterocycles. The number of aryl methyl sites for hydroxylation is 1. The van der Waals surface area contributed by atoms with Gasteiger partial charge in [0.1, 0.15) is 11.3 Å². The summed E-state index contributed by atoms with van der Waals surface area (Å²) in [5, 5.41) is 3.23. The van der Waals surface area contributed by atoms with Gasteiger partial charge in [-0.05, 0) is 12.1 Å². The SMILES string of the molecule is Cc1nc2ccc(OCCC(=O)N3CCNCC3)cc2o1. The summed E-state index contributed by atoms with van der Waals surface area (Å²) < 4.78 is 11.1. The molecule has 1 aliphatic rings. The third-order valence-corrected chi connectivity index (χ3v) is 3.52. The second-order valence-electron chi connectivity index (χ2n) is 5.09. The number of hydrogen-bond donors (Lipinski definition) is 1. The second kappa shape index (κ2) is 6.13. The van der Waals surface area contributed by atoms with Crippen LogP contribution in [-0.4, -0.2) is 48.6 Å². The van der Waals surface area contributed by atoms with Crippen LogP contribution in [0.2, 0.25) is 0 Å². The first-order chi connectivity index (χ1) is 10.2. The Hall–Kier alpha value is -2.08. The van der Waals surface area contributed by atoms with Gasteiger partial charge in [0.2, 0.25) is 5.91 Å². The van der Waals surface area contributed by atoms with E-state index in [1.165, 1.54) is 0 Å². The van der Waals surface area contributed by atoms with Gasteiger partial charge in [0, 0.05) is 39.2 Å². The number of fused-ring (bicyclic) bond motifs is 1. The van der Waals surface area contributed by atoms with Crippen LogP contribution < -0.4 is 10.1 Å². The zero-order valence-corrected chi connectivity index (χ0v) is 12.1. The maximum absolute atomic E-state index is 12.0. The number of aromatic nitrogens is 1. The van der Waals surface area contributed by atoms with Crippen LogP contribution in [0.1, 0.15) is 12.3 Å². The summed E-state index contributed by atoms with van der Waals surface area (Å²) in [6.07, 6.45) is 0.396. The molecule has 1 aromatic heterocycles. The molecule has 1 aliphatic heterocycles. The third kappa shape index (κ3) is 3.33. The van der Waals surface area contributed by atoms with Gasteiger partial charge in [0.05, 0.1) is 13.0 Å². The highest BCUT2D eigenvalue weighted by Gasteiger charge is 2.15. The zero-order chi connectivity index (χ0) is 14.7. The normalized spacial score (nSPS) is 15.4. The van der Waals surface area contributed by atoms with Crippen LogP contribution in [0, 0.1) is 6.92 Å². The molecule has 1 N–H and O–H groups in total. The van der Waals surface area contributed by atoms with E-state index in [1.54, 1.807) is 0 Å². The number of benzene rings is 1. The Bertz CT molecular complexity index is 632. The largest absolute Gasteiger partial charge is 0.493 e. The van der Waals surface area contributed by atoms with Crippen molar-refractivity contribution < 1.29 is 13.9 Å². The van der Waals surface area contributed by atoms with Gasteiger partial charge in [0.15, 0.2) is 11.5 Å². The summed E-state index contributed by atoms with van der Waals surface area (Å²) in [6.45, 7) is 5.49. The fourth-order valence-corrected chi connectivity index (χ4v) is 2.44. The molecule has 0 bridgehead atoms. The van der Waals surface area contributed by atoms with Crippen LogP contribution in [0.15, 0.2) is 22.6 Å². The van der Waals surface area contributed by atoms with Gasteiger partial charge in [-0.2, -0.15) is 0 Å². The van der Waals surface area contributed by atoms with Crippen LogP contribution in [0.5, 0.6) is 5.75 Å². The topological polar surface area (TPSA) is 67.6 Å². The molecule has 6 nitrogen and oxygen atoms in total. The predicted molar refractivity (Wildman–Crippen MR) is 78.3 cm³/mol. The number of hydrogen-bond acceptors (Lipinski definition) is 5. The van der Waals surface area contributed by atoms with Gasteiger partial charge in [-0.25, -0.2) is 4.98 Å². The summed E-state index contributed by atoms with van der Waals surface area (Å²) in [4.78, 5) is 18.1. The molecule has 0 saturated carbocycles. The Morgan fingerprint density at radius 2 is 2.24 bits per heavy atom. The molecule has 21 heavy (non-hydrogen) atoms. The first-order valence-electron chi connectivity index (χ1n) is 7.21. The molecule has 1 aromatic carbocycles. The Labute approximate surface area is 123 Å². The molecule has 0 aliphatic carbocycles. The molecular weight excluding hydrogens is 270 g/mol. The highest BCUT2D eigenvalue weighted by Crippen LogP contribution is 2.21. The first-order valence-corrected chi connectivity index (χ1v) is 7.21. The minimum atomic E-state index is 0.146. The molecule has 1 amide bonds. The maximum atomic E-state index is 12.0. The highest BCUT2D eigenvalue weighted by molar-refractivity contribution is 5.76. The zero-order valence-electron chi connectivity index (χ0n) is 12.1. The summed E-state index contributed by atoms with van der Waals surface area (Å²) >= 11 is 0. The third-order valence-electron chi connectivity index (χ3n) is 3.52. The standard InChI is InChI=1S/C15H19N3O3/c1-11-17-13-3-2-12(10-14(13)21-11)20-9-4-15(19)18-7-5-16-6-8-18/h2-3,10,16H,4-9H2,1H3. The Morgan fingerprint density at radius 1 is 1.43 bits per heavy atom. The molecule has 2 heterocycles. The van der Waals surface area contributed by atoms with E-state index in [2.05, 4.69) is 10.3 Å². The average Bonchev–Trinajstić information content (AvgIpc) is 2.87. The molecular formula is C15H19N3O3. The van der Waals surface area contributed by atoms with E-state index < -0.39 is 0 Å². The van der Waals surface area contributed by atoms with Gasteiger partial charge in [-0.15, -0.1) is 0 Å². The number of ether oxygens (including phenoxy) is 1. The number of nitrogens with one attached hydrogen (secondary N) is 1. The number of nitrogens with zero attached hydrogens (tertiary/aromatic N) is 2. The van der Waals surface area contributed by atoms with Crippen molar-refractivity contribution in [2.75, 3.05) is 32.8 Å². The summed E-state index contributed by atoms with van der Waals surface area (Å²) in [5.74, 6) is 1.48. The second-order valence-corrected chi connectivity index (χ2v) is 5.09. The van der Waals surface area contributed by atoms with Gasteiger partial charge < -0.3 is 19.4 Å². The molecule has 0 unspecified atom stereocenters. The van der Waals surface area contributed by atoms with E-state index in [-0.39, 0.29) is 5.91 Å². The number of carbonyl (C=O) groups is 1. The lowest BCUT2D eigenvalue weighted by Crippen LogP contribution is -2.46. The van der Waals surface area contributed by atoms with Crippen molar-refractivity contribution in [1.29, 1.82) is 0 Å². The van der Waals surface area contributed by atoms with Gasteiger partial charge in [-0.1, -0.05) is 0 Å². The average molecular weight is 289 g/mol. The molecule has 6 heteroatoms. The quantitative estimate of drug-likeness (QED) is 0.920. The summed E-state index contributed by atoms with van der Waals surface area (Å²) in [6, 6.07) is 5.52. The first kappa shape index (κ1) is 13.9. The van der Waals surface area contributed by atoms with Crippen molar-refractivity contribution in [3.63, 3.8) is 0 Å². The minimum absolute atomic E-state index is 0.146. The summed E-state index contributed by atoms with van der Waals surface area (Å²) in [7, 11) is 0. The fourth-order valence-electron chi connectivity index (χ4n) is 2.44. The van der Waals surface area contributed by atoms with E-state index in [4.69, 9.17) is 9.15 Å². The van der Waals surface area contributed by atoms with Crippen molar-refractivity contribution in [3.8, 4) is 5.75 Å². The number of oxazole rings is 1.